The van der Waals surface area contributed by atoms with E-state index in [2.05, 4.69) is 19.2 Å². The molecule has 0 heterocycles. The molecule has 1 aromatic rings. The number of amides is 1. The maximum atomic E-state index is 12.0. The number of hydrogen-bond acceptors (Lipinski definition) is 3. The van der Waals surface area contributed by atoms with Crippen LogP contribution in [0.1, 0.15) is 26.7 Å². The van der Waals surface area contributed by atoms with E-state index in [1.165, 1.54) is 0 Å². The summed E-state index contributed by atoms with van der Waals surface area (Å²) in [5, 5.41) is 15.9. The summed E-state index contributed by atoms with van der Waals surface area (Å²) in [5.74, 6) is -1.23. The molecule has 0 bridgehead atoms. The summed E-state index contributed by atoms with van der Waals surface area (Å²) in [4.78, 5) is 23.1. The van der Waals surface area contributed by atoms with Crippen LogP contribution in [0, 0.1) is 5.92 Å². The molecule has 0 aliphatic carbocycles. The van der Waals surface area contributed by atoms with Gasteiger partial charge in [-0.05, 0) is 24.5 Å². The van der Waals surface area contributed by atoms with Crippen LogP contribution in [0.25, 0.3) is 0 Å². The van der Waals surface area contributed by atoms with Crippen LogP contribution in [0.4, 0.5) is 5.69 Å². The van der Waals surface area contributed by atoms with E-state index in [4.69, 9.17) is 23.2 Å². The SMILES string of the molecule is CC(C)CC[NH2+][C@@H](CC(=O)Nc1cccc(Cl)c1Cl)C(=O)[O-]. The number of rotatable bonds is 8. The molecule has 22 heavy (non-hydrogen) atoms. The molecule has 7 heteroatoms. The second kappa shape index (κ2) is 8.98. The maximum absolute atomic E-state index is 12.0. The van der Waals surface area contributed by atoms with Gasteiger partial charge < -0.3 is 20.5 Å². The van der Waals surface area contributed by atoms with Crippen LogP contribution in [0.15, 0.2) is 18.2 Å². The lowest BCUT2D eigenvalue weighted by molar-refractivity contribution is -0.683. The third kappa shape index (κ3) is 6.22. The number of nitrogens with one attached hydrogen (secondary N) is 1. The minimum atomic E-state index is -1.25. The van der Waals surface area contributed by atoms with Gasteiger partial charge in [0.15, 0.2) is 0 Å². The summed E-state index contributed by atoms with van der Waals surface area (Å²) in [7, 11) is 0. The number of nitrogens with two attached hydrogens (primary N) is 1. The van der Waals surface area contributed by atoms with Gasteiger partial charge in [-0.15, -0.1) is 0 Å². The van der Waals surface area contributed by atoms with Crippen molar-refractivity contribution in [2.45, 2.75) is 32.7 Å². The van der Waals surface area contributed by atoms with Gasteiger partial charge in [0.25, 0.3) is 0 Å². The molecule has 0 aliphatic rings. The molecule has 0 fully saturated rings. The summed E-state index contributed by atoms with van der Waals surface area (Å²) >= 11 is 11.8. The van der Waals surface area contributed by atoms with Crippen LogP contribution in [-0.4, -0.2) is 24.5 Å². The van der Waals surface area contributed by atoms with E-state index in [1.54, 1.807) is 23.5 Å². The summed E-state index contributed by atoms with van der Waals surface area (Å²) < 4.78 is 0. The lowest BCUT2D eigenvalue weighted by atomic mass is 10.1. The zero-order chi connectivity index (χ0) is 16.7. The number of carbonyl (C=O) groups is 2. The summed E-state index contributed by atoms with van der Waals surface area (Å²) in [6, 6.07) is 3.93. The highest BCUT2D eigenvalue weighted by Crippen LogP contribution is 2.29. The van der Waals surface area contributed by atoms with Gasteiger partial charge >= 0.3 is 0 Å². The fourth-order valence-corrected chi connectivity index (χ4v) is 2.24. The van der Waals surface area contributed by atoms with Gasteiger partial charge in [-0.2, -0.15) is 0 Å². The molecule has 1 atom stereocenters. The first kappa shape index (κ1) is 18.7. The quantitative estimate of drug-likeness (QED) is 0.737. The van der Waals surface area contributed by atoms with Crippen molar-refractivity contribution in [3.05, 3.63) is 28.2 Å². The topological polar surface area (TPSA) is 85.8 Å². The molecule has 0 saturated carbocycles. The number of halogens is 2. The first-order valence-electron chi connectivity index (χ1n) is 7.09. The van der Waals surface area contributed by atoms with Crippen molar-refractivity contribution >= 4 is 40.8 Å². The molecule has 0 spiro atoms. The highest BCUT2D eigenvalue weighted by atomic mass is 35.5. The van der Waals surface area contributed by atoms with Crippen LogP contribution in [0.5, 0.6) is 0 Å². The first-order valence-corrected chi connectivity index (χ1v) is 7.85. The van der Waals surface area contributed by atoms with Crippen molar-refractivity contribution in [1.82, 2.24) is 0 Å². The molecule has 1 amide bonds. The minimum absolute atomic E-state index is 0.191. The molecule has 3 N–H and O–H groups in total. The third-order valence-electron chi connectivity index (χ3n) is 3.13. The molecule has 0 aliphatic heterocycles. The second-order valence-electron chi connectivity index (χ2n) is 5.49. The predicted molar refractivity (Wildman–Crippen MR) is 84.8 cm³/mol. The second-order valence-corrected chi connectivity index (χ2v) is 6.27. The fourth-order valence-electron chi connectivity index (χ4n) is 1.89. The minimum Gasteiger partial charge on any atom is -0.544 e. The van der Waals surface area contributed by atoms with Crippen LogP contribution in [0.3, 0.4) is 0 Å². The monoisotopic (exact) mass is 346 g/mol. The Bertz CT molecular complexity index is 536. The Labute approximate surface area is 140 Å². The number of aliphatic carboxylic acids is 1. The Kier molecular flexibility index (Phi) is 7.65. The number of carboxylic acid groups (broad SMARTS) is 1. The van der Waals surface area contributed by atoms with Crippen LogP contribution >= 0.6 is 23.2 Å². The van der Waals surface area contributed by atoms with Gasteiger partial charge in [-0.3, -0.25) is 4.79 Å². The van der Waals surface area contributed by atoms with Crippen LogP contribution in [-0.2, 0) is 9.59 Å². The van der Waals surface area contributed by atoms with E-state index in [-0.39, 0.29) is 11.4 Å². The molecular weight excluding hydrogens is 327 g/mol. The average Bonchev–Trinajstić information content (AvgIpc) is 2.42. The van der Waals surface area contributed by atoms with Crippen molar-refractivity contribution in [2.24, 2.45) is 5.92 Å². The van der Waals surface area contributed by atoms with E-state index in [1.807, 2.05) is 0 Å². The zero-order valence-corrected chi connectivity index (χ0v) is 14.1. The lowest BCUT2D eigenvalue weighted by Crippen LogP contribution is -2.93. The Balaban J connectivity index is 2.60. The fraction of sp³-hybridized carbons (Fsp3) is 0.467. The molecule has 0 aromatic heterocycles. The average molecular weight is 347 g/mol. The number of quaternary nitrogens is 1. The van der Waals surface area contributed by atoms with E-state index in [0.29, 0.717) is 23.2 Å². The molecular formula is C15H20Cl2N2O3. The zero-order valence-electron chi connectivity index (χ0n) is 12.6. The molecule has 122 valence electrons. The Morgan fingerprint density at radius 3 is 2.59 bits per heavy atom. The van der Waals surface area contributed by atoms with Crippen molar-refractivity contribution in [3.8, 4) is 0 Å². The highest BCUT2D eigenvalue weighted by molar-refractivity contribution is 6.43. The maximum Gasteiger partial charge on any atom is 0.230 e. The summed E-state index contributed by atoms with van der Waals surface area (Å²) in [6.45, 7) is 4.73. The van der Waals surface area contributed by atoms with E-state index < -0.39 is 17.9 Å². The Morgan fingerprint density at radius 2 is 2.00 bits per heavy atom. The Hall–Kier alpha value is -1.30. The standard InChI is InChI=1S/C15H20Cl2N2O3/c1-9(2)6-7-18-12(15(21)22)8-13(20)19-11-5-3-4-10(16)14(11)17/h3-5,9,12,18H,6-8H2,1-2H3,(H,19,20)(H,21,22)/t12-/m0/s1. The van der Waals surface area contributed by atoms with Crippen molar-refractivity contribution in [2.75, 3.05) is 11.9 Å². The molecule has 5 nitrogen and oxygen atoms in total. The van der Waals surface area contributed by atoms with Crippen molar-refractivity contribution < 1.29 is 20.0 Å². The van der Waals surface area contributed by atoms with Gasteiger partial charge in [0.1, 0.15) is 6.04 Å². The van der Waals surface area contributed by atoms with E-state index >= 15 is 0 Å². The van der Waals surface area contributed by atoms with E-state index in [0.717, 1.165) is 6.42 Å². The number of anilines is 1. The lowest BCUT2D eigenvalue weighted by Gasteiger charge is -2.17. The number of benzene rings is 1. The number of hydrogen-bond donors (Lipinski definition) is 2. The van der Waals surface area contributed by atoms with Crippen LogP contribution in [0.2, 0.25) is 10.0 Å². The normalized spacial score (nSPS) is 12.2. The van der Waals surface area contributed by atoms with E-state index in [9.17, 15) is 14.7 Å². The first-order chi connectivity index (χ1) is 10.3. The van der Waals surface area contributed by atoms with Crippen molar-refractivity contribution in [1.29, 1.82) is 0 Å². The molecule has 1 aromatic carbocycles. The highest BCUT2D eigenvalue weighted by Gasteiger charge is 2.19. The molecule has 1 rings (SSSR count). The van der Waals surface area contributed by atoms with Gasteiger partial charge in [0.05, 0.1) is 34.7 Å². The van der Waals surface area contributed by atoms with Gasteiger partial charge in [-0.1, -0.05) is 43.1 Å². The predicted octanol–water partition coefficient (Wildman–Crippen LogP) is 1.05. The van der Waals surface area contributed by atoms with Crippen molar-refractivity contribution in [3.63, 3.8) is 0 Å². The van der Waals surface area contributed by atoms with Gasteiger partial charge in [-0.25, -0.2) is 0 Å². The summed E-state index contributed by atoms with van der Waals surface area (Å²) in [5.41, 5.74) is 0.360. The summed E-state index contributed by atoms with van der Waals surface area (Å²) in [6.07, 6.45) is 0.675. The Morgan fingerprint density at radius 1 is 1.32 bits per heavy atom. The molecule has 0 unspecified atom stereocenters. The van der Waals surface area contributed by atoms with Crippen LogP contribution < -0.4 is 15.7 Å². The molecule has 0 radical (unpaired) electrons. The smallest absolute Gasteiger partial charge is 0.230 e. The molecule has 0 saturated heterocycles. The largest absolute Gasteiger partial charge is 0.544 e. The van der Waals surface area contributed by atoms with Gasteiger partial charge in [0.2, 0.25) is 5.91 Å². The third-order valence-corrected chi connectivity index (χ3v) is 3.95. The number of carboxylic acids is 1. The number of carbonyl (C=O) groups excluding carboxylic acids is 2. The van der Waals surface area contributed by atoms with Gasteiger partial charge in [0, 0.05) is 0 Å².